The first kappa shape index (κ1) is 25.9. The van der Waals surface area contributed by atoms with Crippen LogP contribution in [-0.4, -0.2) is 46.5 Å². The third kappa shape index (κ3) is 6.91. The molecule has 8 nitrogen and oxygen atoms in total. The minimum absolute atomic E-state index is 0.0119. The molecule has 0 bridgehead atoms. The summed E-state index contributed by atoms with van der Waals surface area (Å²) in [4.78, 5) is 41.1. The number of benzene rings is 1. The number of nitrogens with zero attached hydrogens (tertiary/aromatic N) is 1. The summed E-state index contributed by atoms with van der Waals surface area (Å²) in [7, 11) is 0. The Morgan fingerprint density at radius 3 is 2.38 bits per heavy atom. The molecule has 0 saturated heterocycles. The monoisotopic (exact) mass is 532 g/mol. The van der Waals surface area contributed by atoms with Crippen molar-refractivity contribution in [3.8, 4) is 0 Å². The molecule has 0 radical (unpaired) electrons. The molecule has 1 aliphatic carbocycles. The number of alkyl carbamates (subject to hydrolysis) is 1. The molecule has 1 saturated carbocycles. The minimum atomic E-state index is -0.877. The number of ketones is 1. The number of carbonyl (C=O) groups excluding carboxylic acids is 3. The van der Waals surface area contributed by atoms with E-state index < -0.39 is 17.7 Å². The maximum Gasteiger partial charge on any atom is 0.408 e. The van der Waals surface area contributed by atoms with Crippen molar-refractivity contribution in [2.45, 2.75) is 84.0 Å². The predicted octanol–water partition coefficient (Wildman–Crippen LogP) is 4.95. The average molecular weight is 533 g/mol. The highest BCUT2D eigenvalue weighted by Crippen LogP contribution is 2.32. The van der Waals surface area contributed by atoms with Crippen LogP contribution >= 0.6 is 15.9 Å². The lowest BCUT2D eigenvalue weighted by Crippen LogP contribution is -2.47. The number of hydrogen-bond acceptors (Lipinski definition) is 6. The fourth-order valence-corrected chi connectivity index (χ4v) is 4.40. The molecule has 1 aromatic heterocycles. The molecule has 2 amide bonds. The number of rotatable bonds is 6. The van der Waals surface area contributed by atoms with Gasteiger partial charge in [0.25, 0.3) is 5.91 Å². The Hall–Kier alpha value is -2.68. The fraction of sp³-hybridized carbons (Fsp3) is 0.520. The maximum absolute atomic E-state index is 12.5. The molecule has 2 aromatic rings. The summed E-state index contributed by atoms with van der Waals surface area (Å²) in [6.07, 6.45) is 3.38. The van der Waals surface area contributed by atoms with E-state index in [-0.39, 0.29) is 23.8 Å². The zero-order valence-electron chi connectivity index (χ0n) is 20.3. The highest BCUT2D eigenvalue weighted by atomic mass is 79.9. The third-order valence-corrected chi connectivity index (χ3v) is 6.25. The lowest BCUT2D eigenvalue weighted by Gasteiger charge is -2.31. The van der Waals surface area contributed by atoms with Gasteiger partial charge in [-0.3, -0.25) is 14.6 Å². The van der Waals surface area contributed by atoms with Gasteiger partial charge in [0.2, 0.25) is 0 Å². The zero-order chi connectivity index (χ0) is 25.0. The molecule has 0 spiro atoms. The Labute approximate surface area is 208 Å². The number of amides is 2. The van der Waals surface area contributed by atoms with Gasteiger partial charge in [0.05, 0.1) is 16.8 Å². The molecule has 1 aliphatic rings. The summed E-state index contributed by atoms with van der Waals surface area (Å²) in [5.74, 6) is -0.341. The molecule has 3 N–H and O–H groups in total. The topological polar surface area (TPSA) is 109 Å². The molecule has 1 fully saturated rings. The lowest BCUT2D eigenvalue weighted by atomic mass is 9.90. The number of ether oxygens (including phenoxy) is 1. The smallest absolute Gasteiger partial charge is 0.408 e. The van der Waals surface area contributed by atoms with Gasteiger partial charge < -0.3 is 20.7 Å². The van der Waals surface area contributed by atoms with E-state index in [9.17, 15) is 14.4 Å². The van der Waals surface area contributed by atoms with Gasteiger partial charge in [-0.15, -0.1) is 0 Å². The standard InChI is InChI=1S/C25H33BrN4O4/c1-14(31)20-13-27-21-11-6-16(26)12-19(21)22(20)28-17-7-9-18(10-8-17)29-23(32)15(2)34-24(33)30-25(3,4)5/h6,11-13,15,17-18H,7-10H2,1-5H3,(H,27,28)(H,29,32)(H,30,33). The van der Waals surface area contributed by atoms with E-state index in [0.717, 1.165) is 46.7 Å². The molecule has 0 aliphatic heterocycles. The second-order valence-corrected chi connectivity index (χ2v) is 10.8. The predicted molar refractivity (Wildman–Crippen MR) is 136 cm³/mol. The van der Waals surface area contributed by atoms with E-state index in [1.807, 2.05) is 39.0 Å². The first-order valence-electron chi connectivity index (χ1n) is 11.6. The lowest BCUT2D eigenvalue weighted by molar-refractivity contribution is -0.129. The van der Waals surface area contributed by atoms with Crippen molar-refractivity contribution in [1.29, 1.82) is 0 Å². The number of nitrogens with one attached hydrogen (secondary N) is 3. The van der Waals surface area contributed by atoms with Crippen LogP contribution in [0.4, 0.5) is 10.5 Å². The van der Waals surface area contributed by atoms with Crippen LogP contribution in [0.5, 0.6) is 0 Å². The van der Waals surface area contributed by atoms with Crippen LogP contribution in [0.1, 0.15) is 70.7 Å². The Balaban J connectivity index is 1.59. The van der Waals surface area contributed by atoms with Crippen molar-refractivity contribution in [3.63, 3.8) is 0 Å². The fourth-order valence-electron chi connectivity index (χ4n) is 4.04. The second kappa shape index (κ2) is 10.7. The Morgan fingerprint density at radius 2 is 1.76 bits per heavy atom. The average Bonchev–Trinajstić information content (AvgIpc) is 2.73. The largest absolute Gasteiger partial charge is 0.436 e. The number of anilines is 1. The Morgan fingerprint density at radius 1 is 1.12 bits per heavy atom. The Bertz CT molecular complexity index is 1070. The number of fused-ring (bicyclic) bond motifs is 1. The van der Waals surface area contributed by atoms with Crippen molar-refractivity contribution in [3.05, 3.63) is 34.4 Å². The molecular weight excluding hydrogens is 500 g/mol. The van der Waals surface area contributed by atoms with Crippen LogP contribution in [0.3, 0.4) is 0 Å². The number of hydrogen-bond donors (Lipinski definition) is 3. The number of pyridine rings is 1. The van der Waals surface area contributed by atoms with Gasteiger partial charge in [-0.1, -0.05) is 15.9 Å². The first-order chi connectivity index (χ1) is 15.9. The summed E-state index contributed by atoms with van der Waals surface area (Å²) in [5, 5.41) is 10.2. The van der Waals surface area contributed by atoms with E-state index in [1.54, 1.807) is 20.0 Å². The molecule has 9 heteroatoms. The van der Waals surface area contributed by atoms with E-state index in [4.69, 9.17) is 4.74 Å². The molecule has 3 rings (SSSR count). The van der Waals surface area contributed by atoms with Crippen LogP contribution in [0.25, 0.3) is 10.9 Å². The van der Waals surface area contributed by atoms with Gasteiger partial charge in [0.15, 0.2) is 11.9 Å². The molecule has 1 atom stereocenters. The molecule has 1 unspecified atom stereocenters. The normalized spacial score (nSPS) is 19.2. The van der Waals surface area contributed by atoms with Crippen LogP contribution in [-0.2, 0) is 9.53 Å². The summed E-state index contributed by atoms with van der Waals surface area (Å²) in [6.45, 7) is 8.65. The number of carbonyl (C=O) groups is 3. The van der Waals surface area contributed by atoms with Gasteiger partial charge in [-0.05, 0) is 78.5 Å². The minimum Gasteiger partial charge on any atom is -0.436 e. The summed E-state index contributed by atoms with van der Waals surface area (Å²) >= 11 is 3.51. The summed E-state index contributed by atoms with van der Waals surface area (Å²) in [6, 6.07) is 6.00. The van der Waals surface area contributed by atoms with Crippen molar-refractivity contribution in [1.82, 2.24) is 15.6 Å². The van der Waals surface area contributed by atoms with Gasteiger partial charge in [-0.25, -0.2) is 4.79 Å². The van der Waals surface area contributed by atoms with Crippen molar-refractivity contribution < 1.29 is 19.1 Å². The van der Waals surface area contributed by atoms with Gasteiger partial charge >= 0.3 is 6.09 Å². The molecule has 184 valence electrons. The second-order valence-electron chi connectivity index (χ2n) is 9.89. The van der Waals surface area contributed by atoms with Gasteiger partial charge in [0.1, 0.15) is 0 Å². The van der Waals surface area contributed by atoms with Gasteiger partial charge in [-0.2, -0.15) is 0 Å². The molecule has 1 heterocycles. The van der Waals surface area contributed by atoms with E-state index >= 15 is 0 Å². The van der Waals surface area contributed by atoms with Crippen LogP contribution in [0, 0.1) is 0 Å². The summed E-state index contributed by atoms with van der Waals surface area (Å²) in [5.41, 5.74) is 1.76. The van der Waals surface area contributed by atoms with Crippen molar-refractivity contribution >= 4 is 50.3 Å². The van der Waals surface area contributed by atoms with Gasteiger partial charge in [0, 0.05) is 33.7 Å². The van der Waals surface area contributed by atoms with E-state index in [1.165, 1.54) is 0 Å². The Kier molecular flexibility index (Phi) is 8.17. The quantitative estimate of drug-likeness (QED) is 0.454. The van der Waals surface area contributed by atoms with Crippen LogP contribution < -0.4 is 16.0 Å². The van der Waals surface area contributed by atoms with Crippen LogP contribution in [0.2, 0.25) is 0 Å². The van der Waals surface area contributed by atoms with E-state index in [2.05, 4.69) is 36.9 Å². The number of Topliss-reactive ketones (excluding diaryl/α,β-unsaturated/α-hetero) is 1. The SMILES string of the molecule is CC(=O)c1cnc2ccc(Br)cc2c1NC1CCC(NC(=O)C(C)OC(=O)NC(C)(C)C)CC1. The summed E-state index contributed by atoms with van der Waals surface area (Å²) < 4.78 is 6.12. The highest BCUT2D eigenvalue weighted by Gasteiger charge is 2.27. The molecular formula is C25H33BrN4O4. The number of aromatic nitrogens is 1. The maximum atomic E-state index is 12.5. The number of halogens is 1. The molecule has 34 heavy (non-hydrogen) atoms. The highest BCUT2D eigenvalue weighted by molar-refractivity contribution is 9.10. The first-order valence-corrected chi connectivity index (χ1v) is 12.4. The van der Waals surface area contributed by atoms with Crippen molar-refractivity contribution in [2.75, 3.05) is 5.32 Å². The van der Waals surface area contributed by atoms with Crippen LogP contribution in [0.15, 0.2) is 28.9 Å². The van der Waals surface area contributed by atoms with E-state index in [0.29, 0.717) is 5.56 Å². The molecule has 1 aromatic carbocycles. The third-order valence-electron chi connectivity index (χ3n) is 5.76. The van der Waals surface area contributed by atoms with Crippen molar-refractivity contribution in [2.24, 2.45) is 0 Å². The zero-order valence-corrected chi connectivity index (χ0v) is 21.9.